The van der Waals surface area contributed by atoms with Gasteiger partial charge in [-0.2, -0.15) is 13.2 Å². The summed E-state index contributed by atoms with van der Waals surface area (Å²) in [6, 6.07) is 3.10. The van der Waals surface area contributed by atoms with Gasteiger partial charge in [-0.15, -0.1) is 0 Å². The monoisotopic (exact) mass is 186 g/mol. The van der Waals surface area contributed by atoms with Crippen LogP contribution >= 0.6 is 0 Å². The number of rotatable bonds is 0. The van der Waals surface area contributed by atoms with E-state index >= 15 is 0 Å². The Kier molecular flexibility index (Phi) is 1.55. The van der Waals surface area contributed by atoms with Crippen LogP contribution in [0.5, 0.6) is 0 Å². The van der Waals surface area contributed by atoms with Gasteiger partial charge in [0.15, 0.2) is 5.69 Å². The molecule has 2 nitrogen and oxygen atoms in total. The average Bonchev–Trinajstić information content (AvgIpc) is 2.48. The van der Waals surface area contributed by atoms with Crippen LogP contribution in [-0.4, -0.2) is 9.97 Å². The maximum Gasteiger partial charge on any atom is 0.435 e. The summed E-state index contributed by atoms with van der Waals surface area (Å²) in [6.07, 6.45) is -1.79. The number of pyridine rings is 1. The molecule has 13 heavy (non-hydrogen) atoms. The topological polar surface area (TPSA) is 28.7 Å². The van der Waals surface area contributed by atoms with Crippen molar-refractivity contribution in [3.8, 4) is 0 Å². The molecule has 68 valence electrons. The van der Waals surface area contributed by atoms with Crippen LogP contribution in [0.15, 0.2) is 24.5 Å². The molecule has 2 aromatic rings. The van der Waals surface area contributed by atoms with E-state index in [0.717, 1.165) is 6.20 Å². The Hall–Kier alpha value is -1.52. The van der Waals surface area contributed by atoms with Crippen LogP contribution in [0.3, 0.4) is 0 Å². The molecular formula is C8H5F3N2. The molecule has 2 heterocycles. The molecule has 0 aliphatic rings. The van der Waals surface area contributed by atoms with Gasteiger partial charge in [-0.1, -0.05) is 0 Å². The summed E-state index contributed by atoms with van der Waals surface area (Å²) in [4.78, 5) is 5.81. The maximum absolute atomic E-state index is 12.3. The molecule has 0 spiro atoms. The smallest absolute Gasteiger partial charge is 0.359 e. The van der Waals surface area contributed by atoms with Gasteiger partial charge in [0.25, 0.3) is 0 Å². The van der Waals surface area contributed by atoms with E-state index in [1.165, 1.54) is 12.3 Å². The quantitative estimate of drug-likeness (QED) is 0.673. The van der Waals surface area contributed by atoms with Gasteiger partial charge in [0.1, 0.15) is 0 Å². The zero-order valence-corrected chi connectivity index (χ0v) is 6.39. The number of hydrogen-bond donors (Lipinski definition) is 1. The first-order chi connectivity index (χ1) is 6.09. The predicted octanol–water partition coefficient (Wildman–Crippen LogP) is 2.58. The summed E-state index contributed by atoms with van der Waals surface area (Å²) >= 11 is 0. The van der Waals surface area contributed by atoms with Crippen molar-refractivity contribution in [1.82, 2.24) is 9.97 Å². The molecule has 2 aromatic heterocycles. The van der Waals surface area contributed by atoms with E-state index in [4.69, 9.17) is 0 Å². The summed E-state index contributed by atoms with van der Waals surface area (Å²) in [5.41, 5.74) is -0.829. The summed E-state index contributed by atoms with van der Waals surface area (Å²) in [7, 11) is 0. The van der Waals surface area contributed by atoms with Gasteiger partial charge in [0, 0.05) is 17.8 Å². The lowest BCUT2D eigenvalue weighted by Gasteiger charge is -2.05. The Bertz CT molecular complexity index is 430. The van der Waals surface area contributed by atoms with Crippen molar-refractivity contribution in [2.45, 2.75) is 6.18 Å². The van der Waals surface area contributed by atoms with Gasteiger partial charge < -0.3 is 4.98 Å². The number of aromatic amines is 1. The first-order valence-electron chi connectivity index (χ1n) is 3.58. The molecule has 0 aromatic carbocycles. The fraction of sp³-hybridized carbons (Fsp3) is 0.125. The van der Waals surface area contributed by atoms with Crippen molar-refractivity contribution in [2.75, 3.05) is 0 Å². The molecule has 0 radical (unpaired) electrons. The SMILES string of the molecule is FC(F)(F)c1nccc2cc[nH]c12. The van der Waals surface area contributed by atoms with Gasteiger partial charge in [-0.3, -0.25) is 0 Å². The van der Waals surface area contributed by atoms with Crippen LogP contribution < -0.4 is 0 Å². The second kappa shape index (κ2) is 2.48. The number of alkyl halides is 3. The van der Waals surface area contributed by atoms with Crippen molar-refractivity contribution < 1.29 is 13.2 Å². The highest BCUT2D eigenvalue weighted by Crippen LogP contribution is 2.31. The first-order valence-corrected chi connectivity index (χ1v) is 3.58. The van der Waals surface area contributed by atoms with Gasteiger partial charge >= 0.3 is 6.18 Å². The van der Waals surface area contributed by atoms with Gasteiger partial charge in [-0.05, 0) is 12.1 Å². The summed E-state index contributed by atoms with van der Waals surface area (Å²) in [5.74, 6) is 0. The molecule has 0 bridgehead atoms. The van der Waals surface area contributed by atoms with Crippen LogP contribution in [0.25, 0.3) is 10.9 Å². The highest BCUT2D eigenvalue weighted by atomic mass is 19.4. The fourth-order valence-electron chi connectivity index (χ4n) is 1.20. The zero-order chi connectivity index (χ0) is 9.47. The minimum Gasteiger partial charge on any atom is -0.359 e. The summed E-state index contributed by atoms with van der Waals surface area (Å²) in [5, 5.41) is 0.516. The Morgan fingerprint density at radius 1 is 1.23 bits per heavy atom. The third kappa shape index (κ3) is 1.26. The minimum absolute atomic E-state index is 0.0370. The second-order valence-corrected chi connectivity index (χ2v) is 2.60. The number of H-pyrrole nitrogens is 1. The largest absolute Gasteiger partial charge is 0.435 e. The van der Waals surface area contributed by atoms with Crippen molar-refractivity contribution in [2.24, 2.45) is 0 Å². The Morgan fingerprint density at radius 2 is 2.00 bits per heavy atom. The number of nitrogens with zero attached hydrogens (tertiary/aromatic N) is 1. The molecule has 0 unspecified atom stereocenters. The zero-order valence-electron chi connectivity index (χ0n) is 6.39. The molecule has 0 atom stereocenters. The molecule has 0 amide bonds. The second-order valence-electron chi connectivity index (χ2n) is 2.60. The van der Waals surface area contributed by atoms with E-state index in [1.54, 1.807) is 6.07 Å². The number of nitrogens with one attached hydrogen (secondary N) is 1. The van der Waals surface area contributed by atoms with E-state index in [0.29, 0.717) is 5.39 Å². The number of fused-ring (bicyclic) bond motifs is 1. The van der Waals surface area contributed by atoms with Crippen LogP contribution in [0.2, 0.25) is 0 Å². The lowest BCUT2D eigenvalue weighted by Crippen LogP contribution is -2.08. The fourth-order valence-corrected chi connectivity index (χ4v) is 1.20. The van der Waals surface area contributed by atoms with Crippen LogP contribution in [0.4, 0.5) is 13.2 Å². The van der Waals surface area contributed by atoms with Crippen molar-refractivity contribution >= 4 is 10.9 Å². The van der Waals surface area contributed by atoms with Crippen molar-refractivity contribution in [1.29, 1.82) is 0 Å². The number of halogens is 3. The molecule has 0 aliphatic carbocycles. The highest BCUT2D eigenvalue weighted by Gasteiger charge is 2.34. The van der Waals surface area contributed by atoms with E-state index in [-0.39, 0.29) is 5.52 Å². The van der Waals surface area contributed by atoms with Crippen molar-refractivity contribution in [3.05, 3.63) is 30.2 Å². The molecule has 0 aliphatic heterocycles. The predicted molar refractivity (Wildman–Crippen MR) is 41.1 cm³/mol. The number of aromatic nitrogens is 2. The van der Waals surface area contributed by atoms with Gasteiger partial charge in [0.2, 0.25) is 0 Å². The van der Waals surface area contributed by atoms with Crippen LogP contribution in [-0.2, 0) is 6.18 Å². The normalized spacial score (nSPS) is 12.2. The molecule has 0 saturated heterocycles. The van der Waals surface area contributed by atoms with Crippen LogP contribution in [0, 0.1) is 0 Å². The average molecular weight is 186 g/mol. The Morgan fingerprint density at radius 3 is 2.69 bits per heavy atom. The van der Waals surface area contributed by atoms with Crippen LogP contribution in [0.1, 0.15) is 5.69 Å². The van der Waals surface area contributed by atoms with E-state index in [1.807, 2.05) is 0 Å². The van der Waals surface area contributed by atoms with E-state index in [2.05, 4.69) is 9.97 Å². The van der Waals surface area contributed by atoms with E-state index < -0.39 is 11.9 Å². The third-order valence-electron chi connectivity index (χ3n) is 1.74. The maximum atomic E-state index is 12.3. The standard InChI is InChI=1S/C8H5F3N2/c9-8(10,11)7-6-5(1-3-12-6)2-4-13-7/h1-4,12H. The minimum atomic E-state index is -4.40. The first kappa shape index (κ1) is 8.10. The summed E-state index contributed by atoms with van der Waals surface area (Å²) in [6.45, 7) is 0. The molecule has 5 heteroatoms. The number of hydrogen-bond acceptors (Lipinski definition) is 1. The molecule has 0 saturated carbocycles. The highest BCUT2D eigenvalue weighted by molar-refractivity contribution is 5.81. The molecule has 0 fully saturated rings. The third-order valence-corrected chi connectivity index (χ3v) is 1.74. The summed E-state index contributed by atoms with van der Waals surface area (Å²) < 4.78 is 36.9. The lowest BCUT2D eigenvalue weighted by molar-refractivity contribution is -0.139. The van der Waals surface area contributed by atoms with Crippen molar-refractivity contribution in [3.63, 3.8) is 0 Å². The Labute approximate surface area is 71.4 Å². The lowest BCUT2D eigenvalue weighted by atomic mass is 10.2. The van der Waals surface area contributed by atoms with Gasteiger partial charge in [-0.25, -0.2) is 4.98 Å². The molecule has 1 N–H and O–H groups in total. The van der Waals surface area contributed by atoms with Gasteiger partial charge in [0.05, 0.1) is 5.52 Å². The molecule has 2 rings (SSSR count). The molecular weight excluding hydrogens is 181 g/mol. The van der Waals surface area contributed by atoms with E-state index in [9.17, 15) is 13.2 Å². The Balaban J connectivity index is 2.75.